The quantitative estimate of drug-likeness (QED) is 0.361. The minimum Gasteiger partial charge on any atom is -1.00 e. The van der Waals surface area contributed by atoms with E-state index >= 15 is 0 Å². The molecule has 1 heterocycles. The number of likely N-dealkylation sites (tertiary alicyclic amines) is 1. The fourth-order valence-corrected chi connectivity index (χ4v) is 10.3. The molecule has 3 aromatic carbocycles. The van der Waals surface area contributed by atoms with E-state index in [0.29, 0.717) is 0 Å². The summed E-state index contributed by atoms with van der Waals surface area (Å²) in [5, 5.41) is 4.22. The van der Waals surface area contributed by atoms with Crippen LogP contribution in [0.15, 0.2) is 91.0 Å². The average molecular weight is 547 g/mol. The van der Waals surface area contributed by atoms with Gasteiger partial charge in [-0.1, -0.05) is 54.6 Å². The van der Waals surface area contributed by atoms with Crippen LogP contribution in [0.4, 0.5) is 4.79 Å². The van der Waals surface area contributed by atoms with Crippen LogP contribution in [0.5, 0.6) is 0 Å². The van der Waals surface area contributed by atoms with Gasteiger partial charge in [0.15, 0.2) is 0 Å². The fourth-order valence-electron chi connectivity index (χ4n) is 4.04. The second-order valence-corrected chi connectivity index (χ2v) is 12.2. The first-order valence-electron chi connectivity index (χ1n) is 10.3. The lowest BCUT2D eigenvalue weighted by molar-refractivity contribution is -0.00000859. The number of carbonyl (C=O) groups is 1. The predicted molar refractivity (Wildman–Crippen MR) is 128 cm³/mol. The average Bonchev–Trinajstić information content (AvgIpc) is 2.82. The van der Waals surface area contributed by atoms with E-state index in [1.807, 2.05) is 4.90 Å². The van der Waals surface area contributed by atoms with Crippen molar-refractivity contribution in [1.82, 2.24) is 4.90 Å². The first kappa shape index (κ1) is 23.3. The number of hydrogen-bond acceptors (Lipinski definition) is 2. The molecule has 5 heteroatoms. The summed E-state index contributed by atoms with van der Waals surface area (Å²) < 4.78 is 0. The van der Waals surface area contributed by atoms with E-state index < -0.39 is 7.26 Å². The van der Waals surface area contributed by atoms with Crippen LogP contribution < -0.4 is 39.9 Å². The second-order valence-electron chi connectivity index (χ2n) is 7.40. The van der Waals surface area contributed by atoms with Crippen LogP contribution in [-0.4, -0.2) is 28.7 Å². The molecule has 1 saturated heterocycles. The van der Waals surface area contributed by atoms with Gasteiger partial charge in [0.25, 0.3) is 5.24 Å². The number of hydrogen-bond donors (Lipinski definition) is 0. The molecular weight excluding hydrogens is 520 g/mol. The molecule has 0 bridgehead atoms. The molecule has 2 nitrogen and oxygen atoms in total. The number of halogens is 1. The first-order chi connectivity index (χ1) is 14.3. The van der Waals surface area contributed by atoms with Crippen LogP contribution >= 0.6 is 19.0 Å². The third-order valence-corrected chi connectivity index (χ3v) is 11.7. The van der Waals surface area contributed by atoms with E-state index in [-0.39, 0.29) is 29.2 Å². The highest BCUT2D eigenvalue weighted by molar-refractivity contribution is 8.21. The molecule has 1 aliphatic heterocycles. The molecule has 0 unspecified atom stereocenters. The Balaban J connectivity index is 0.00000256. The van der Waals surface area contributed by atoms with Gasteiger partial charge >= 0.3 is 0 Å². The number of thioether (sulfide) groups is 1. The van der Waals surface area contributed by atoms with Gasteiger partial charge in [-0.25, -0.2) is 0 Å². The van der Waals surface area contributed by atoms with Crippen molar-refractivity contribution >= 4 is 40.2 Å². The van der Waals surface area contributed by atoms with Crippen molar-refractivity contribution in [2.75, 3.05) is 18.6 Å². The first-order valence-corrected chi connectivity index (χ1v) is 13.2. The van der Waals surface area contributed by atoms with Crippen LogP contribution in [0.25, 0.3) is 0 Å². The second kappa shape index (κ2) is 11.3. The Morgan fingerprint density at radius 2 is 1.10 bits per heavy atom. The van der Waals surface area contributed by atoms with E-state index in [0.717, 1.165) is 31.4 Å². The lowest BCUT2D eigenvalue weighted by atomic mass is 10.1. The van der Waals surface area contributed by atoms with E-state index in [2.05, 4.69) is 91.0 Å². The molecule has 0 saturated carbocycles. The van der Waals surface area contributed by atoms with Gasteiger partial charge < -0.3 is 28.9 Å². The van der Waals surface area contributed by atoms with Gasteiger partial charge in [0.05, 0.1) is 0 Å². The van der Waals surface area contributed by atoms with Gasteiger partial charge in [0, 0.05) is 13.1 Å². The third kappa shape index (κ3) is 5.09. The van der Waals surface area contributed by atoms with Crippen molar-refractivity contribution in [2.45, 2.75) is 19.3 Å². The monoisotopic (exact) mass is 547 g/mol. The van der Waals surface area contributed by atoms with Crippen molar-refractivity contribution < 1.29 is 28.8 Å². The maximum Gasteiger partial charge on any atom is 0.285 e. The molecule has 0 N–H and O–H groups in total. The van der Waals surface area contributed by atoms with Gasteiger partial charge in [0.2, 0.25) is 0 Å². The molecule has 0 atom stereocenters. The number of amides is 1. The Kier molecular flexibility index (Phi) is 8.79. The lowest BCUT2D eigenvalue weighted by Crippen LogP contribution is -3.00. The third-order valence-electron chi connectivity index (χ3n) is 5.59. The van der Waals surface area contributed by atoms with E-state index in [9.17, 15) is 4.79 Å². The number of rotatable bonds is 5. The SMILES string of the molecule is O=C(SC[P+](c1ccccc1)(c1ccccc1)c1ccccc1)N1CCCCC1.[I-]. The molecular formula is C25H27INOPS. The molecule has 0 radical (unpaired) electrons. The summed E-state index contributed by atoms with van der Waals surface area (Å²) in [5.74, 6) is 0. The van der Waals surface area contributed by atoms with Crippen molar-refractivity contribution in [3.63, 3.8) is 0 Å². The molecule has 0 aliphatic carbocycles. The van der Waals surface area contributed by atoms with Gasteiger partial charge in [-0.15, -0.1) is 0 Å². The molecule has 0 spiro atoms. The summed E-state index contributed by atoms with van der Waals surface area (Å²) in [6, 6.07) is 32.3. The topological polar surface area (TPSA) is 20.3 Å². The number of nitrogens with zero attached hydrogens (tertiary/aromatic N) is 1. The Bertz CT molecular complexity index is 821. The Morgan fingerprint density at radius 3 is 1.50 bits per heavy atom. The smallest absolute Gasteiger partial charge is 0.285 e. The highest BCUT2D eigenvalue weighted by atomic mass is 127. The minimum atomic E-state index is -1.94. The summed E-state index contributed by atoms with van der Waals surface area (Å²) in [6.45, 7) is 1.80. The van der Waals surface area contributed by atoms with Crippen LogP contribution in [0.1, 0.15) is 19.3 Å². The summed E-state index contributed by atoms with van der Waals surface area (Å²) in [7, 11) is -1.94. The Labute approximate surface area is 201 Å². The Morgan fingerprint density at radius 1 is 0.700 bits per heavy atom. The Hall–Kier alpha value is -1.36. The van der Waals surface area contributed by atoms with Crippen molar-refractivity contribution in [1.29, 1.82) is 0 Å². The largest absolute Gasteiger partial charge is 1.00 e. The molecule has 1 aliphatic rings. The molecule has 1 amide bonds. The molecule has 4 rings (SSSR count). The van der Waals surface area contributed by atoms with Crippen LogP contribution in [0.2, 0.25) is 0 Å². The van der Waals surface area contributed by atoms with Crippen LogP contribution in [0, 0.1) is 0 Å². The normalized spacial score (nSPS) is 14.1. The predicted octanol–water partition coefficient (Wildman–Crippen LogP) is 2.28. The van der Waals surface area contributed by atoms with Gasteiger partial charge in [-0.05, 0) is 67.4 Å². The zero-order valence-electron chi connectivity index (χ0n) is 17.0. The zero-order chi connectivity index (χ0) is 19.9. The highest BCUT2D eigenvalue weighted by Crippen LogP contribution is 2.57. The summed E-state index contributed by atoms with van der Waals surface area (Å²) >= 11 is 1.51. The maximum absolute atomic E-state index is 13.0. The zero-order valence-corrected chi connectivity index (χ0v) is 20.9. The molecule has 1 fully saturated rings. The maximum atomic E-state index is 13.0. The fraction of sp³-hybridized carbons (Fsp3) is 0.240. The van der Waals surface area contributed by atoms with Gasteiger partial charge in [0.1, 0.15) is 28.7 Å². The standard InChI is InChI=1S/C25H27NOPS.HI/c27-25(26-19-11-4-12-20-26)29-21-28(22-13-5-1-6-14-22,23-15-7-2-8-16-23)24-17-9-3-10-18-24;/h1-3,5-10,13-18H,4,11-12,19-21H2;1H/q+1;/p-1. The molecule has 30 heavy (non-hydrogen) atoms. The highest BCUT2D eigenvalue weighted by Gasteiger charge is 2.46. The molecule has 156 valence electrons. The van der Waals surface area contributed by atoms with E-state index in [1.54, 1.807) is 0 Å². The minimum absolute atomic E-state index is 0. The van der Waals surface area contributed by atoms with Crippen molar-refractivity contribution in [3.05, 3.63) is 91.0 Å². The number of carbonyl (C=O) groups excluding carboxylic acids is 1. The summed E-state index contributed by atoms with van der Waals surface area (Å²) in [6.07, 6.45) is 3.49. The van der Waals surface area contributed by atoms with Gasteiger partial charge in [-0.3, -0.25) is 4.79 Å². The van der Waals surface area contributed by atoms with Crippen molar-refractivity contribution in [2.24, 2.45) is 0 Å². The van der Waals surface area contributed by atoms with Gasteiger partial charge in [-0.2, -0.15) is 0 Å². The molecule has 0 aromatic heterocycles. The van der Waals surface area contributed by atoms with E-state index in [1.165, 1.54) is 34.1 Å². The summed E-state index contributed by atoms with van der Waals surface area (Å²) in [4.78, 5) is 15.1. The van der Waals surface area contributed by atoms with Crippen LogP contribution in [-0.2, 0) is 0 Å². The van der Waals surface area contributed by atoms with E-state index in [4.69, 9.17) is 0 Å². The summed E-state index contributed by atoms with van der Waals surface area (Å²) in [5.41, 5.74) is 0.792. The number of benzene rings is 3. The van der Waals surface area contributed by atoms with Crippen molar-refractivity contribution in [3.8, 4) is 0 Å². The van der Waals surface area contributed by atoms with Crippen LogP contribution in [0.3, 0.4) is 0 Å². The molecule has 3 aromatic rings. The number of piperidine rings is 1. The lowest BCUT2D eigenvalue weighted by Gasteiger charge is -2.29.